The summed E-state index contributed by atoms with van der Waals surface area (Å²) in [6, 6.07) is 0. The fourth-order valence-corrected chi connectivity index (χ4v) is 4.22. The smallest absolute Gasteiger partial charge is 0.303 e. The van der Waals surface area contributed by atoms with E-state index in [1.54, 1.807) is 6.92 Å². The highest BCUT2D eigenvalue weighted by atomic mass is 16.4. The van der Waals surface area contributed by atoms with Crippen LogP contribution in [-0.4, -0.2) is 41.8 Å². The number of carbonyl (C=O) groups is 4. The number of carbonyl (C=O) groups excluding carboxylic acids is 3. The lowest BCUT2D eigenvalue weighted by molar-refractivity contribution is -0.137. The van der Waals surface area contributed by atoms with E-state index in [1.807, 2.05) is 0 Å². The summed E-state index contributed by atoms with van der Waals surface area (Å²) in [6.07, 6.45) is 21.1. The van der Waals surface area contributed by atoms with Crippen LogP contribution in [0.5, 0.6) is 0 Å². The summed E-state index contributed by atoms with van der Waals surface area (Å²) in [7, 11) is 0. The molecule has 3 N–H and O–H groups in total. The first-order valence-electron chi connectivity index (χ1n) is 14.7. The highest BCUT2D eigenvalue weighted by Crippen LogP contribution is 2.11. The van der Waals surface area contributed by atoms with E-state index in [4.69, 9.17) is 5.11 Å². The summed E-state index contributed by atoms with van der Waals surface area (Å²) in [5.74, 6) is -0.146. The van der Waals surface area contributed by atoms with E-state index in [1.165, 1.54) is 25.7 Å². The Bertz CT molecular complexity index is 530. The van der Waals surface area contributed by atoms with Gasteiger partial charge in [0.15, 0.2) is 0 Å². The number of Topliss-reactive ketones (excluding diaryl/α,β-unsaturated/α-hetero) is 1. The molecule has 7 nitrogen and oxygen atoms in total. The zero-order chi connectivity index (χ0) is 26.7. The summed E-state index contributed by atoms with van der Waals surface area (Å²) < 4.78 is 0. The van der Waals surface area contributed by atoms with E-state index >= 15 is 0 Å². The maximum absolute atomic E-state index is 11.9. The first kappa shape index (κ1) is 34.1. The second-order valence-corrected chi connectivity index (χ2v) is 10.2. The van der Waals surface area contributed by atoms with Gasteiger partial charge in [0.25, 0.3) is 0 Å². The number of rotatable bonds is 27. The molecule has 0 radical (unpaired) electrons. The van der Waals surface area contributed by atoms with Crippen LogP contribution >= 0.6 is 0 Å². The molecular weight excluding hydrogens is 456 g/mol. The molecule has 0 saturated heterocycles. The number of hydrogen-bond acceptors (Lipinski definition) is 4. The Balaban J connectivity index is 3.27. The summed E-state index contributed by atoms with van der Waals surface area (Å²) in [5, 5.41) is 14.6. The fourth-order valence-electron chi connectivity index (χ4n) is 4.22. The van der Waals surface area contributed by atoms with Crippen LogP contribution in [0, 0.1) is 0 Å². The minimum atomic E-state index is -0.726. The maximum atomic E-state index is 11.9. The molecule has 0 aliphatic rings. The average molecular weight is 511 g/mol. The van der Waals surface area contributed by atoms with Gasteiger partial charge in [-0.3, -0.25) is 14.4 Å². The van der Waals surface area contributed by atoms with Crippen molar-refractivity contribution >= 4 is 23.6 Å². The van der Waals surface area contributed by atoms with E-state index < -0.39 is 5.97 Å². The number of aliphatic carboxylic acids is 1. The molecule has 2 amide bonds. The van der Waals surface area contributed by atoms with Gasteiger partial charge in [-0.05, 0) is 45.4 Å². The van der Waals surface area contributed by atoms with Gasteiger partial charge in [0.2, 0.25) is 11.8 Å². The fraction of sp³-hybridized carbons (Fsp3) is 0.862. The highest BCUT2D eigenvalue weighted by Gasteiger charge is 2.03. The standard InChI is InChI=1S/C29H54N2O5/c1-26(32)20-14-8-6-12-18-24-30-27(33)21-15-9-4-2-3-5-10-16-22-28(34)31-25-19-13-7-11-17-23-29(35)36/h2-25H2,1H3,(H,30,33)(H,31,34)(H,35,36). The van der Waals surface area contributed by atoms with Crippen molar-refractivity contribution in [2.75, 3.05) is 13.1 Å². The van der Waals surface area contributed by atoms with Crippen molar-refractivity contribution in [3.05, 3.63) is 0 Å². The molecule has 0 aliphatic heterocycles. The van der Waals surface area contributed by atoms with Gasteiger partial charge >= 0.3 is 5.97 Å². The van der Waals surface area contributed by atoms with Gasteiger partial charge in [0.05, 0.1) is 0 Å². The zero-order valence-corrected chi connectivity index (χ0v) is 23.1. The molecule has 0 spiro atoms. The lowest BCUT2D eigenvalue weighted by Gasteiger charge is -2.06. The molecule has 0 atom stereocenters. The van der Waals surface area contributed by atoms with Gasteiger partial charge in [-0.2, -0.15) is 0 Å². The van der Waals surface area contributed by atoms with Crippen molar-refractivity contribution in [1.82, 2.24) is 10.6 Å². The Morgan fingerprint density at radius 2 is 0.750 bits per heavy atom. The maximum Gasteiger partial charge on any atom is 0.303 e. The molecule has 0 aliphatic carbocycles. The van der Waals surface area contributed by atoms with Crippen molar-refractivity contribution < 1.29 is 24.3 Å². The molecule has 0 aromatic carbocycles. The Labute approximate surface area is 219 Å². The molecule has 0 rings (SSSR count). The van der Waals surface area contributed by atoms with Crippen LogP contribution in [0.15, 0.2) is 0 Å². The van der Waals surface area contributed by atoms with Gasteiger partial charge in [0.1, 0.15) is 5.78 Å². The Kier molecular flexibility index (Phi) is 24.8. The third-order valence-electron chi connectivity index (χ3n) is 6.48. The van der Waals surface area contributed by atoms with Crippen LogP contribution in [0.4, 0.5) is 0 Å². The molecule has 0 aromatic heterocycles. The van der Waals surface area contributed by atoms with Crippen LogP contribution in [-0.2, 0) is 19.2 Å². The Hall–Kier alpha value is -1.92. The van der Waals surface area contributed by atoms with Crippen LogP contribution in [0.25, 0.3) is 0 Å². The van der Waals surface area contributed by atoms with E-state index in [9.17, 15) is 19.2 Å². The number of unbranched alkanes of at least 4 members (excludes halogenated alkanes) is 15. The van der Waals surface area contributed by atoms with Gasteiger partial charge in [-0.15, -0.1) is 0 Å². The van der Waals surface area contributed by atoms with Gasteiger partial charge in [-0.1, -0.05) is 77.0 Å². The third-order valence-corrected chi connectivity index (χ3v) is 6.48. The Morgan fingerprint density at radius 1 is 0.444 bits per heavy atom. The molecule has 0 bridgehead atoms. The number of carboxylic acid groups (broad SMARTS) is 1. The van der Waals surface area contributed by atoms with Crippen molar-refractivity contribution in [3.8, 4) is 0 Å². The Morgan fingerprint density at radius 3 is 1.11 bits per heavy atom. The number of nitrogens with one attached hydrogen (secondary N) is 2. The van der Waals surface area contributed by atoms with E-state index in [2.05, 4.69) is 10.6 Å². The van der Waals surface area contributed by atoms with Crippen molar-refractivity contribution in [1.29, 1.82) is 0 Å². The lowest BCUT2D eigenvalue weighted by atomic mass is 10.1. The number of ketones is 1. The summed E-state index contributed by atoms with van der Waals surface area (Å²) in [4.78, 5) is 45.0. The van der Waals surface area contributed by atoms with Crippen molar-refractivity contribution in [3.63, 3.8) is 0 Å². The molecular formula is C29H54N2O5. The number of amides is 2. The van der Waals surface area contributed by atoms with E-state index in [0.29, 0.717) is 19.3 Å². The van der Waals surface area contributed by atoms with E-state index in [-0.39, 0.29) is 24.0 Å². The summed E-state index contributed by atoms with van der Waals surface area (Å²) in [6.45, 7) is 3.13. The SMILES string of the molecule is CC(=O)CCCCCCCNC(=O)CCCCCCCCCCC(=O)NCCCCCCCC(=O)O. The molecule has 0 aromatic rings. The molecule has 0 saturated carbocycles. The zero-order valence-electron chi connectivity index (χ0n) is 23.1. The minimum absolute atomic E-state index is 0.142. The first-order valence-corrected chi connectivity index (χ1v) is 14.7. The molecule has 0 fully saturated rings. The van der Waals surface area contributed by atoms with Crippen LogP contribution < -0.4 is 10.6 Å². The largest absolute Gasteiger partial charge is 0.481 e. The topological polar surface area (TPSA) is 113 Å². The number of carboxylic acids is 1. The lowest BCUT2D eigenvalue weighted by Crippen LogP contribution is -2.23. The van der Waals surface area contributed by atoms with Crippen LogP contribution in [0.2, 0.25) is 0 Å². The molecule has 7 heteroatoms. The second kappa shape index (κ2) is 26.2. The summed E-state index contributed by atoms with van der Waals surface area (Å²) >= 11 is 0. The van der Waals surface area contributed by atoms with Crippen LogP contribution in [0.1, 0.15) is 148 Å². The van der Waals surface area contributed by atoms with Crippen molar-refractivity contribution in [2.45, 2.75) is 148 Å². The predicted octanol–water partition coefficient (Wildman–Crippen LogP) is 6.47. The normalized spacial score (nSPS) is 10.8. The second-order valence-electron chi connectivity index (χ2n) is 10.2. The minimum Gasteiger partial charge on any atom is -0.481 e. The van der Waals surface area contributed by atoms with E-state index in [0.717, 1.165) is 103 Å². The molecule has 0 heterocycles. The van der Waals surface area contributed by atoms with Gasteiger partial charge in [-0.25, -0.2) is 0 Å². The van der Waals surface area contributed by atoms with Gasteiger partial charge < -0.3 is 20.5 Å². The average Bonchev–Trinajstić information content (AvgIpc) is 2.83. The first-order chi connectivity index (χ1) is 17.4. The van der Waals surface area contributed by atoms with Crippen LogP contribution in [0.3, 0.4) is 0 Å². The third kappa shape index (κ3) is 28.3. The molecule has 36 heavy (non-hydrogen) atoms. The number of hydrogen-bond donors (Lipinski definition) is 3. The monoisotopic (exact) mass is 510 g/mol. The molecule has 210 valence electrons. The van der Waals surface area contributed by atoms with Crippen molar-refractivity contribution in [2.24, 2.45) is 0 Å². The summed E-state index contributed by atoms with van der Waals surface area (Å²) in [5.41, 5.74) is 0. The predicted molar refractivity (Wildman–Crippen MR) is 146 cm³/mol. The quantitative estimate of drug-likeness (QED) is 0.110. The highest BCUT2D eigenvalue weighted by molar-refractivity contribution is 5.76. The van der Waals surface area contributed by atoms with Gasteiger partial charge in [0, 0.05) is 38.8 Å². The molecule has 0 unspecified atom stereocenters.